The fourth-order valence-corrected chi connectivity index (χ4v) is 4.30. The van der Waals surface area contributed by atoms with Crippen LogP contribution < -0.4 is 16.2 Å². The molecule has 1 saturated heterocycles. The molecule has 2 aromatic rings. The summed E-state index contributed by atoms with van der Waals surface area (Å²) in [4.78, 5) is 20.2. The predicted octanol–water partition coefficient (Wildman–Crippen LogP) is 3.39. The summed E-state index contributed by atoms with van der Waals surface area (Å²) in [6.45, 7) is 10.8. The van der Waals surface area contributed by atoms with E-state index in [0.717, 1.165) is 29.7 Å². The van der Waals surface area contributed by atoms with Gasteiger partial charge in [0.15, 0.2) is 0 Å². The van der Waals surface area contributed by atoms with E-state index in [1.165, 1.54) is 0 Å². The number of H-pyrrole nitrogens is 1. The largest absolute Gasteiger partial charge is 0.353 e. The summed E-state index contributed by atoms with van der Waals surface area (Å²) < 4.78 is 0. The number of benzene rings is 1. The maximum atomic E-state index is 12.6. The fourth-order valence-electron chi connectivity index (χ4n) is 4.30. The Kier molecular flexibility index (Phi) is 4.93. The lowest BCUT2D eigenvalue weighted by molar-refractivity contribution is 0.170. The molecule has 5 nitrogen and oxygen atoms in total. The van der Waals surface area contributed by atoms with Gasteiger partial charge in [-0.1, -0.05) is 30.3 Å². The van der Waals surface area contributed by atoms with Gasteiger partial charge in [0.25, 0.3) is 5.56 Å². The first-order chi connectivity index (χ1) is 12.1. The van der Waals surface area contributed by atoms with Crippen LogP contribution in [0.1, 0.15) is 57.4 Å². The Morgan fingerprint density at radius 2 is 1.73 bits per heavy atom. The summed E-state index contributed by atoms with van der Waals surface area (Å²) in [6, 6.07) is 10.3. The van der Waals surface area contributed by atoms with Crippen LogP contribution in [0.25, 0.3) is 0 Å². The van der Waals surface area contributed by atoms with E-state index >= 15 is 0 Å². The molecule has 2 heterocycles. The molecule has 1 aromatic heterocycles. The molecule has 5 heteroatoms. The van der Waals surface area contributed by atoms with Crippen molar-refractivity contribution in [2.75, 3.05) is 5.32 Å². The molecule has 1 fully saturated rings. The molecule has 140 valence electrons. The first kappa shape index (κ1) is 18.6. The van der Waals surface area contributed by atoms with Gasteiger partial charge in [-0.2, -0.15) is 0 Å². The molecule has 1 aliphatic heterocycles. The van der Waals surface area contributed by atoms with Crippen LogP contribution in [0.2, 0.25) is 0 Å². The monoisotopic (exact) mass is 354 g/mol. The number of piperidine rings is 1. The molecule has 0 atom stereocenters. The first-order valence-corrected chi connectivity index (χ1v) is 9.33. The van der Waals surface area contributed by atoms with Crippen molar-refractivity contribution in [2.24, 2.45) is 0 Å². The Balaban J connectivity index is 1.79. The van der Waals surface area contributed by atoms with Crippen LogP contribution in [-0.2, 0) is 6.42 Å². The maximum absolute atomic E-state index is 12.6. The molecular formula is C21H30N4O. The van der Waals surface area contributed by atoms with Crippen molar-refractivity contribution in [2.45, 2.75) is 71.0 Å². The third-order valence-electron chi connectivity index (χ3n) is 4.98. The summed E-state index contributed by atoms with van der Waals surface area (Å²) in [7, 11) is 0. The van der Waals surface area contributed by atoms with Gasteiger partial charge >= 0.3 is 0 Å². The molecule has 3 rings (SSSR count). The van der Waals surface area contributed by atoms with Crippen LogP contribution in [0.15, 0.2) is 35.1 Å². The number of anilines is 1. The zero-order valence-corrected chi connectivity index (χ0v) is 16.4. The summed E-state index contributed by atoms with van der Waals surface area (Å²) in [5.41, 5.74) is 2.66. The Hall–Kier alpha value is -2.14. The number of aromatic amines is 1. The second-order valence-electron chi connectivity index (χ2n) is 8.78. The SMILES string of the molecule is Cc1nc(NC2CC(C)(C)NC(C)(C)C2)[nH]c(=O)c1Cc1ccccc1. The Bertz CT molecular complexity index is 808. The Morgan fingerprint density at radius 3 is 2.31 bits per heavy atom. The van der Waals surface area contributed by atoms with E-state index in [-0.39, 0.29) is 22.7 Å². The van der Waals surface area contributed by atoms with Gasteiger partial charge in [-0.15, -0.1) is 0 Å². The molecule has 3 N–H and O–H groups in total. The van der Waals surface area contributed by atoms with E-state index in [0.29, 0.717) is 12.4 Å². The fraction of sp³-hybridized carbons (Fsp3) is 0.524. The van der Waals surface area contributed by atoms with Crippen molar-refractivity contribution in [1.82, 2.24) is 15.3 Å². The summed E-state index contributed by atoms with van der Waals surface area (Å²) in [5.74, 6) is 0.572. The lowest BCUT2D eigenvalue weighted by Crippen LogP contribution is -2.60. The van der Waals surface area contributed by atoms with Crippen molar-refractivity contribution in [1.29, 1.82) is 0 Å². The van der Waals surface area contributed by atoms with E-state index in [2.05, 4.69) is 48.3 Å². The molecule has 1 aromatic carbocycles. The van der Waals surface area contributed by atoms with Crippen molar-refractivity contribution in [3.05, 3.63) is 57.5 Å². The number of hydrogen-bond donors (Lipinski definition) is 3. The molecule has 0 saturated carbocycles. The van der Waals surface area contributed by atoms with Crippen LogP contribution in [0.4, 0.5) is 5.95 Å². The molecule has 0 amide bonds. The zero-order chi connectivity index (χ0) is 18.9. The number of hydrogen-bond acceptors (Lipinski definition) is 4. The smallest absolute Gasteiger partial charge is 0.256 e. The Labute approximate surface area is 155 Å². The van der Waals surface area contributed by atoms with Crippen LogP contribution >= 0.6 is 0 Å². The minimum Gasteiger partial charge on any atom is -0.353 e. The maximum Gasteiger partial charge on any atom is 0.256 e. The number of nitrogens with one attached hydrogen (secondary N) is 3. The highest BCUT2D eigenvalue weighted by atomic mass is 16.1. The lowest BCUT2D eigenvalue weighted by Gasteiger charge is -2.46. The minimum absolute atomic E-state index is 0.0437. The topological polar surface area (TPSA) is 69.8 Å². The van der Waals surface area contributed by atoms with Crippen molar-refractivity contribution in [3.8, 4) is 0 Å². The van der Waals surface area contributed by atoms with Crippen LogP contribution in [0.3, 0.4) is 0 Å². The summed E-state index contributed by atoms with van der Waals surface area (Å²) in [5, 5.41) is 7.13. The summed E-state index contributed by atoms with van der Waals surface area (Å²) >= 11 is 0. The molecule has 0 bridgehead atoms. The number of rotatable bonds is 4. The molecule has 0 unspecified atom stereocenters. The predicted molar refractivity (Wildman–Crippen MR) is 107 cm³/mol. The van der Waals surface area contributed by atoms with Crippen molar-refractivity contribution < 1.29 is 0 Å². The second kappa shape index (κ2) is 6.88. The molecule has 0 aliphatic carbocycles. The van der Waals surface area contributed by atoms with E-state index in [9.17, 15) is 4.79 Å². The van der Waals surface area contributed by atoms with Crippen molar-refractivity contribution >= 4 is 5.95 Å². The normalized spacial score (nSPS) is 19.3. The first-order valence-electron chi connectivity index (χ1n) is 9.33. The highest BCUT2D eigenvalue weighted by molar-refractivity contribution is 5.34. The van der Waals surface area contributed by atoms with Crippen molar-refractivity contribution in [3.63, 3.8) is 0 Å². The molecule has 26 heavy (non-hydrogen) atoms. The third-order valence-corrected chi connectivity index (χ3v) is 4.98. The van der Waals surface area contributed by atoms with Gasteiger partial charge in [-0.3, -0.25) is 9.78 Å². The quantitative estimate of drug-likeness (QED) is 0.787. The van der Waals surface area contributed by atoms with Gasteiger partial charge in [0.05, 0.1) is 5.69 Å². The minimum atomic E-state index is -0.0590. The van der Waals surface area contributed by atoms with Gasteiger partial charge in [0, 0.05) is 29.1 Å². The van der Waals surface area contributed by atoms with Gasteiger partial charge < -0.3 is 10.6 Å². The standard InChI is InChI=1S/C21H30N4O/c1-14-17(11-15-9-7-6-8-10-15)18(26)24-19(22-14)23-16-12-20(2,3)25-21(4,5)13-16/h6-10,16,25H,11-13H2,1-5H3,(H2,22,23,24,26). The second-order valence-corrected chi connectivity index (χ2v) is 8.78. The molecule has 0 spiro atoms. The van der Waals surface area contributed by atoms with Crippen LogP contribution in [0, 0.1) is 6.92 Å². The Morgan fingerprint density at radius 1 is 1.12 bits per heavy atom. The van der Waals surface area contributed by atoms with E-state index < -0.39 is 0 Å². The average molecular weight is 354 g/mol. The third kappa shape index (κ3) is 4.52. The van der Waals surface area contributed by atoms with Gasteiger partial charge in [0.1, 0.15) is 0 Å². The van der Waals surface area contributed by atoms with E-state index in [1.54, 1.807) is 0 Å². The average Bonchev–Trinajstić information content (AvgIpc) is 2.49. The molecule has 0 radical (unpaired) electrons. The zero-order valence-electron chi connectivity index (χ0n) is 16.4. The molecule has 1 aliphatic rings. The highest BCUT2D eigenvalue weighted by Crippen LogP contribution is 2.29. The molecular weight excluding hydrogens is 324 g/mol. The van der Waals surface area contributed by atoms with Crippen LogP contribution in [0.5, 0.6) is 0 Å². The van der Waals surface area contributed by atoms with Gasteiger partial charge in [-0.25, -0.2) is 4.98 Å². The summed E-state index contributed by atoms with van der Waals surface area (Å²) in [6.07, 6.45) is 2.55. The van der Waals surface area contributed by atoms with E-state index in [1.807, 2.05) is 37.3 Å². The number of nitrogens with zero attached hydrogens (tertiary/aromatic N) is 1. The van der Waals surface area contributed by atoms with Crippen LogP contribution in [-0.4, -0.2) is 27.1 Å². The number of aromatic nitrogens is 2. The van der Waals surface area contributed by atoms with Gasteiger partial charge in [0.2, 0.25) is 5.95 Å². The highest BCUT2D eigenvalue weighted by Gasteiger charge is 2.37. The van der Waals surface area contributed by atoms with Gasteiger partial charge in [-0.05, 0) is 53.0 Å². The van der Waals surface area contributed by atoms with E-state index in [4.69, 9.17) is 0 Å². The number of aryl methyl sites for hydroxylation is 1. The lowest BCUT2D eigenvalue weighted by atomic mass is 9.80.